The number of hydrogen-bond donors (Lipinski definition) is 0. The van der Waals surface area contributed by atoms with Crippen LogP contribution in [-0.4, -0.2) is 29.1 Å². The lowest BCUT2D eigenvalue weighted by Crippen LogP contribution is -1.99. The summed E-state index contributed by atoms with van der Waals surface area (Å²) in [4.78, 5) is 9.90. The zero-order valence-corrected chi connectivity index (χ0v) is 14.1. The predicted molar refractivity (Wildman–Crippen MR) is 91.6 cm³/mol. The molecule has 23 heavy (non-hydrogen) atoms. The van der Waals surface area contributed by atoms with E-state index in [1.54, 1.807) is 29.3 Å². The molecule has 4 aromatic rings. The summed E-state index contributed by atoms with van der Waals surface area (Å²) in [6.45, 7) is 2.95. The third-order valence-corrected chi connectivity index (χ3v) is 5.28. The van der Waals surface area contributed by atoms with Crippen LogP contribution in [-0.2, 0) is 12.3 Å². The molecule has 0 unspecified atom stereocenters. The number of rotatable bonds is 5. The monoisotopic (exact) mass is 342 g/mol. The lowest BCUT2D eigenvalue weighted by molar-refractivity contribution is 0.688. The highest BCUT2D eigenvalue weighted by Crippen LogP contribution is 2.28. The van der Waals surface area contributed by atoms with Crippen molar-refractivity contribution in [2.75, 3.05) is 0 Å². The Bertz CT molecular complexity index is 892. The predicted octanol–water partition coefficient (Wildman–Crippen LogP) is 3.36. The number of thiophene rings is 1. The fraction of sp³-hybridized carbons (Fsp3) is 0.200. The van der Waals surface area contributed by atoms with Crippen LogP contribution in [0.25, 0.3) is 16.5 Å². The van der Waals surface area contributed by atoms with E-state index >= 15 is 0 Å². The van der Waals surface area contributed by atoms with Gasteiger partial charge in [-0.3, -0.25) is 4.40 Å². The van der Waals surface area contributed by atoms with Crippen LogP contribution < -0.4 is 0 Å². The molecule has 0 bridgehead atoms. The standard InChI is InChI=1S/C15H14N6S2/c1-2-21-13(12-5-3-8-22-12)18-19-15(21)23-10-11-9-20-7-4-6-16-14(20)17-11/h3-9H,2,10H2,1H3. The molecular weight excluding hydrogens is 328 g/mol. The summed E-state index contributed by atoms with van der Waals surface area (Å²) in [5.41, 5.74) is 0.983. The van der Waals surface area contributed by atoms with Crippen LogP contribution >= 0.6 is 23.1 Å². The third-order valence-electron chi connectivity index (χ3n) is 3.41. The van der Waals surface area contributed by atoms with Gasteiger partial charge < -0.3 is 4.57 Å². The first-order chi connectivity index (χ1) is 11.3. The van der Waals surface area contributed by atoms with E-state index in [9.17, 15) is 0 Å². The molecular formula is C15H14N6S2. The van der Waals surface area contributed by atoms with Gasteiger partial charge in [-0.05, 0) is 24.4 Å². The van der Waals surface area contributed by atoms with Crippen molar-refractivity contribution in [3.05, 3.63) is 47.9 Å². The number of aromatic nitrogens is 6. The topological polar surface area (TPSA) is 60.9 Å². The fourth-order valence-electron chi connectivity index (χ4n) is 2.36. The first-order valence-electron chi connectivity index (χ1n) is 7.23. The first-order valence-corrected chi connectivity index (χ1v) is 9.10. The Morgan fingerprint density at radius 3 is 3.00 bits per heavy atom. The highest BCUT2D eigenvalue weighted by Gasteiger charge is 2.14. The van der Waals surface area contributed by atoms with Gasteiger partial charge in [0, 0.05) is 30.9 Å². The molecule has 0 amide bonds. The molecule has 8 heteroatoms. The van der Waals surface area contributed by atoms with Gasteiger partial charge in [0.15, 0.2) is 11.0 Å². The van der Waals surface area contributed by atoms with Crippen LogP contribution in [0.1, 0.15) is 12.6 Å². The van der Waals surface area contributed by atoms with E-state index in [-0.39, 0.29) is 0 Å². The molecule has 4 heterocycles. The van der Waals surface area contributed by atoms with Gasteiger partial charge >= 0.3 is 0 Å². The lowest BCUT2D eigenvalue weighted by Gasteiger charge is -2.05. The molecule has 0 saturated carbocycles. The number of nitrogens with zero attached hydrogens (tertiary/aromatic N) is 6. The number of hydrogen-bond acceptors (Lipinski definition) is 6. The van der Waals surface area contributed by atoms with Crippen molar-refractivity contribution in [2.45, 2.75) is 24.4 Å². The van der Waals surface area contributed by atoms with Gasteiger partial charge in [0.25, 0.3) is 0 Å². The summed E-state index contributed by atoms with van der Waals surface area (Å²) in [7, 11) is 0. The van der Waals surface area contributed by atoms with Crippen molar-refractivity contribution >= 4 is 28.9 Å². The van der Waals surface area contributed by atoms with Gasteiger partial charge in [0.1, 0.15) is 0 Å². The Balaban J connectivity index is 1.57. The van der Waals surface area contributed by atoms with Crippen LogP contribution in [0.15, 0.2) is 47.3 Å². The molecule has 0 spiro atoms. The summed E-state index contributed by atoms with van der Waals surface area (Å²) in [5, 5.41) is 11.7. The number of imidazole rings is 1. The molecule has 0 radical (unpaired) electrons. The van der Waals surface area contributed by atoms with Crippen molar-refractivity contribution in [1.29, 1.82) is 0 Å². The van der Waals surface area contributed by atoms with Gasteiger partial charge in [-0.15, -0.1) is 21.5 Å². The van der Waals surface area contributed by atoms with E-state index in [1.165, 1.54) is 0 Å². The van der Waals surface area contributed by atoms with Gasteiger partial charge in [-0.1, -0.05) is 17.8 Å². The maximum absolute atomic E-state index is 4.52. The second-order valence-electron chi connectivity index (χ2n) is 4.88. The Morgan fingerprint density at radius 2 is 2.22 bits per heavy atom. The summed E-state index contributed by atoms with van der Waals surface area (Å²) in [6, 6.07) is 6.00. The highest BCUT2D eigenvalue weighted by atomic mass is 32.2. The van der Waals surface area contributed by atoms with E-state index in [1.807, 2.05) is 28.9 Å². The molecule has 0 fully saturated rings. The second kappa shape index (κ2) is 6.13. The van der Waals surface area contributed by atoms with Gasteiger partial charge in [0.05, 0.1) is 10.6 Å². The quantitative estimate of drug-likeness (QED) is 0.521. The Morgan fingerprint density at radius 1 is 1.26 bits per heavy atom. The zero-order chi connectivity index (χ0) is 15.6. The SMILES string of the molecule is CCn1c(SCc2cn3cccnc3n2)nnc1-c1cccs1. The Labute approximate surface area is 141 Å². The first kappa shape index (κ1) is 14.4. The Hall–Kier alpha value is -2.19. The minimum absolute atomic E-state index is 0.722. The molecule has 4 rings (SSSR count). The Kier molecular flexibility index (Phi) is 3.84. The molecule has 0 aliphatic carbocycles. The third kappa shape index (κ3) is 2.75. The molecule has 4 aromatic heterocycles. The van der Waals surface area contributed by atoms with Crippen LogP contribution in [0.4, 0.5) is 0 Å². The minimum Gasteiger partial charge on any atom is -0.302 e. The average molecular weight is 342 g/mol. The smallest absolute Gasteiger partial charge is 0.233 e. The van der Waals surface area contributed by atoms with E-state index < -0.39 is 0 Å². The van der Waals surface area contributed by atoms with Crippen molar-refractivity contribution < 1.29 is 0 Å². The average Bonchev–Trinajstić information content (AvgIpc) is 3.30. The van der Waals surface area contributed by atoms with E-state index in [0.29, 0.717) is 0 Å². The molecule has 0 aliphatic rings. The van der Waals surface area contributed by atoms with Crippen LogP contribution in [0.2, 0.25) is 0 Å². The van der Waals surface area contributed by atoms with Gasteiger partial charge in [0.2, 0.25) is 5.78 Å². The molecule has 0 N–H and O–H groups in total. The largest absolute Gasteiger partial charge is 0.302 e. The molecule has 0 saturated heterocycles. The van der Waals surface area contributed by atoms with Crippen molar-refractivity contribution in [3.8, 4) is 10.7 Å². The minimum atomic E-state index is 0.722. The van der Waals surface area contributed by atoms with Gasteiger partial charge in [-0.25, -0.2) is 9.97 Å². The maximum Gasteiger partial charge on any atom is 0.233 e. The molecule has 116 valence electrons. The van der Waals surface area contributed by atoms with Crippen LogP contribution in [0.5, 0.6) is 0 Å². The highest BCUT2D eigenvalue weighted by molar-refractivity contribution is 7.98. The molecule has 0 aliphatic heterocycles. The molecule has 6 nitrogen and oxygen atoms in total. The summed E-state index contributed by atoms with van der Waals surface area (Å²) in [5.74, 6) is 2.40. The van der Waals surface area contributed by atoms with Crippen molar-refractivity contribution in [2.24, 2.45) is 0 Å². The second-order valence-corrected chi connectivity index (χ2v) is 6.77. The molecule has 0 atom stereocenters. The van der Waals surface area contributed by atoms with E-state index in [2.05, 4.69) is 43.1 Å². The van der Waals surface area contributed by atoms with Crippen molar-refractivity contribution in [3.63, 3.8) is 0 Å². The fourth-order valence-corrected chi connectivity index (χ4v) is 3.96. The maximum atomic E-state index is 4.52. The summed E-state index contributed by atoms with van der Waals surface area (Å²) >= 11 is 3.33. The number of fused-ring (bicyclic) bond motifs is 1. The van der Waals surface area contributed by atoms with Crippen molar-refractivity contribution in [1.82, 2.24) is 29.1 Å². The number of thioether (sulfide) groups is 1. The van der Waals surface area contributed by atoms with Crippen LogP contribution in [0.3, 0.4) is 0 Å². The lowest BCUT2D eigenvalue weighted by atomic mass is 10.4. The summed E-state index contributed by atoms with van der Waals surface area (Å²) in [6.07, 6.45) is 5.70. The van der Waals surface area contributed by atoms with Gasteiger partial charge in [-0.2, -0.15) is 0 Å². The van der Waals surface area contributed by atoms with E-state index in [4.69, 9.17) is 0 Å². The summed E-state index contributed by atoms with van der Waals surface area (Å²) < 4.78 is 4.07. The van der Waals surface area contributed by atoms with E-state index in [0.717, 1.165) is 39.6 Å². The zero-order valence-electron chi connectivity index (χ0n) is 12.5. The van der Waals surface area contributed by atoms with Crippen LogP contribution in [0, 0.1) is 0 Å². The normalized spacial score (nSPS) is 11.3. The molecule has 0 aromatic carbocycles.